The minimum absolute atomic E-state index is 0.190. The highest BCUT2D eigenvalue weighted by Gasteiger charge is 2.23. The van der Waals surface area contributed by atoms with Crippen LogP contribution in [0.3, 0.4) is 0 Å². The average molecular weight is 284 g/mol. The van der Waals surface area contributed by atoms with Crippen molar-refractivity contribution in [1.29, 1.82) is 0 Å². The van der Waals surface area contributed by atoms with Gasteiger partial charge in [-0.15, -0.1) is 0 Å². The number of methoxy groups -OCH3 is 1. The fraction of sp³-hybridized carbons (Fsp3) is 0.600. The van der Waals surface area contributed by atoms with Crippen molar-refractivity contribution in [2.24, 2.45) is 5.92 Å². The number of hydrogen-bond donors (Lipinski definition) is 1. The third-order valence-corrected chi connectivity index (χ3v) is 4.07. The minimum atomic E-state index is -0.190. The summed E-state index contributed by atoms with van der Waals surface area (Å²) in [6, 6.07) is 5.94. The van der Waals surface area contributed by atoms with Gasteiger partial charge in [0.05, 0.1) is 18.2 Å². The number of nitrogens with zero attached hydrogens (tertiary/aromatic N) is 1. The van der Waals surface area contributed by atoms with Crippen molar-refractivity contribution in [1.82, 2.24) is 0 Å². The van der Waals surface area contributed by atoms with Crippen molar-refractivity contribution in [3.05, 3.63) is 23.2 Å². The predicted octanol–water partition coefficient (Wildman–Crippen LogP) is 3.34. The van der Waals surface area contributed by atoms with E-state index in [1.54, 1.807) is 7.11 Å². The standard InChI is InChI=1S/C15H22ClNO2/c1-11(18)3-4-12-7-8-17(10-12)13-5-6-15(19-2)14(16)9-13/h5-6,9,11-12,18H,3-4,7-8,10H2,1-2H3. The van der Waals surface area contributed by atoms with E-state index < -0.39 is 0 Å². The Kier molecular flexibility index (Phi) is 4.94. The zero-order valence-electron chi connectivity index (χ0n) is 11.6. The molecule has 1 aromatic rings. The Morgan fingerprint density at radius 1 is 1.53 bits per heavy atom. The van der Waals surface area contributed by atoms with Gasteiger partial charge in [-0.3, -0.25) is 0 Å². The zero-order valence-corrected chi connectivity index (χ0v) is 12.4. The van der Waals surface area contributed by atoms with Crippen molar-refractivity contribution in [3.63, 3.8) is 0 Å². The lowest BCUT2D eigenvalue weighted by Gasteiger charge is -2.20. The van der Waals surface area contributed by atoms with E-state index >= 15 is 0 Å². The second-order valence-electron chi connectivity index (χ2n) is 5.35. The molecule has 2 unspecified atom stereocenters. The maximum absolute atomic E-state index is 9.34. The summed E-state index contributed by atoms with van der Waals surface area (Å²) in [7, 11) is 1.63. The number of anilines is 1. The average Bonchev–Trinajstić information content (AvgIpc) is 2.85. The molecule has 1 heterocycles. The number of ether oxygens (including phenoxy) is 1. The summed E-state index contributed by atoms with van der Waals surface area (Å²) in [6.07, 6.45) is 2.99. The van der Waals surface area contributed by atoms with Gasteiger partial charge in [-0.25, -0.2) is 0 Å². The Balaban J connectivity index is 1.95. The van der Waals surface area contributed by atoms with E-state index in [0.29, 0.717) is 10.9 Å². The molecule has 3 nitrogen and oxygen atoms in total. The van der Waals surface area contributed by atoms with Gasteiger partial charge in [-0.1, -0.05) is 11.6 Å². The predicted molar refractivity (Wildman–Crippen MR) is 79.2 cm³/mol. The van der Waals surface area contributed by atoms with Gasteiger partial charge < -0.3 is 14.7 Å². The molecule has 1 aliphatic heterocycles. The summed E-state index contributed by atoms with van der Waals surface area (Å²) < 4.78 is 5.17. The van der Waals surface area contributed by atoms with E-state index in [-0.39, 0.29) is 6.10 Å². The van der Waals surface area contributed by atoms with Crippen LogP contribution in [0.15, 0.2) is 18.2 Å². The number of rotatable bonds is 5. The summed E-state index contributed by atoms with van der Waals surface area (Å²) >= 11 is 6.16. The lowest BCUT2D eigenvalue weighted by molar-refractivity contribution is 0.175. The first-order valence-electron chi connectivity index (χ1n) is 6.86. The summed E-state index contributed by atoms with van der Waals surface area (Å²) in [5, 5.41) is 10.0. The summed E-state index contributed by atoms with van der Waals surface area (Å²) in [5.74, 6) is 1.39. The molecular weight excluding hydrogens is 262 g/mol. The molecule has 1 fully saturated rings. The number of aliphatic hydroxyl groups is 1. The lowest BCUT2D eigenvalue weighted by atomic mass is 10.0. The van der Waals surface area contributed by atoms with Crippen LogP contribution < -0.4 is 9.64 Å². The molecular formula is C15H22ClNO2. The van der Waals surface area contributed by atoms with Gasteiger partial charge in [0, 0.05) is 18.8 Å². The van der Waals surface area contributed by atoms with Crippen LogP contribution >= 0.6 is 11.6 Å². The van der Waals surface area contributed by atoms with Crippen LogP contribution in [0.2, 0.25) is 5.02 Å². The molecule has 0 bridgehead atoms. The summed E-state index contributed by atoms with van der Waals surface area (Å²) in [4.78, 5) is 2.36. The number of benzene rings is 1. The van der Waals surface area contributed by atoms with Gasteiger partial charge in [-0.05, 0) is 50.3 Å². The number of hydrogen-bond acceptors (Lipinski definition) is 3. The Bertz CT molecular complexity index is 423. The molecule has 0 spiro atoms. The van der Waals surface area contributed by atoms with E-state index in [1.807, 2.05) is 19.1 Å². The van der Waals surface area contributed by atoms with E-state index in [4.69, 9.17) is 16.3 Å². The Morgan fingerprint density at radius 2 is 2.32 bits per heavy atom. The van der Waals surface area contributed by atoms with Gasteiger partial charge in [0.15, 0.2) is 0 Å². The zero-order chi connectivity index (χ0) is 13.8. The van der Waals surface area contributed by atoms with E-state index in [1.165, 1.54) is 6.42 Å². The Hall–Kier alpha value is -0.930. The highest BCUT2D eigenvalue weighted by molar-refractivity contribution is 6.32. The van der Waals surface area contributed by atoms with Crippen LogP contribution in [-0.4, -0.2) is 31.4 Å². The van der Waals surface area contributed by atoms with Crippen LogP contribution in [-0.2, 0) is 0 Å². The van der Waals surface area contributed by atoms with Crippen LogP contribution in [0.5, 0.6) is 5.75 Å². The van der Waals surface area contributed by atoms with Gasteiger partial charge in [-0.2, -0.15) is 0 Å². The van der Waals surface area contributed by atoms with Crippen LogP contribution in [0.4, 0.5) is 5.69 Å². The minimum Gasteiger partial charge on any atom is -0.495 e. The summed E-state index contributed by atoms with van der Waals surface area (Å²) in [5.41, 5.74) is 1.16. The number of aliphatic hydroxyl groups excluding tert-OH is 1. The van der Waals surface area contributed by atoms with Gasteiger partial charge in [0.25, 0.3) is 0 Å². The molecule has 19 heavy (non-hydrogen) atoms. The SMILES string of the molecule is COc1ccc(N2CCC(CCC(C)O)C2)cc1Cl. The highest BCUT2D eigenvalue weighted by Crippen LogP contribution is 2.32. The first kappa shape index (κ1) is 14.5. The first-order chi connectivity index (χ1) is 9.10. The third kappa shape index (κ3) is 3.77. The molecule has 1 N–H and O–H groups in total. The van der Waals surface area contributed by atoms with Crippen LogP contribution in [0.25, 0.3) is 0 Å². The second kappa shape index (κ2) is 6.49. The topological polar surface area (TPSA) is 32.7 Å². The monoisotopic (exact) mass is 283 g/mol. The van der Waals surface area contributed by atoms with Crippen LogP contribution in [0.1, 0.15) is 26.2 Å². The molecule has 0 aliphatic carbocycles. The molecule has 2 atom stereocenters. The smallest absolute Gasteiger partial charge is 0.137 e. The van der Waals surface area contributed by atoms with Gasteiger partial charge in [0.2, 0.25) is 0 Å². The Morgan fingerprint density at radius 3 is 2.95 bits per heavy atom. The van der Waals surface area contributed by atoms with Crippen molar-refractivity contribution in [2.45, 2.75) is 32.3 Å². The van der Waals surface area contributed by atoms with Crippen molar-refractivity contribution >= 4 is 17.3 Å². The van der Waals surface area contributed by atoms with E-state index in [2.05, 4.69) is 11.0 Å². The molecule has 1 saturated heterocycles. The molecule has 1 aromatic carbocycles. The fourth-order valence-corrected chi connectivity index (χ4v) is 2.88. The largest absolute Gasteiger partial charge is 0.495 e. The molecule has 2 rings (SSSR count). The molecule has 0 saturated carbocycles. The van der Waals surface area contributed by atoms with Gasteiger partial charge in [0.1, 0.15) is 5.75 Å². The van der Waals surface area contributed by atoms with E-state index in [0.717, 1.165) is 37.4 Å². The second-order valence-corrected chi connectivity index (χ2v) is 5.75. The van der Waals surface area contributed by atoms with Crippen molar-refractivity contribution < 1.29 is 9.84 Å². The quantitative estimate of drug-likeness (QED) is 0.900. The lowest BCUT2D eigenvalue weighted by Crippen LogP contribution is -2.19. The van der Waals surface area contributed by atoms with Crippen LogP contribution in [0, 0.1) is 5.92 Å². The van der Waals surface area contributed by atoms with Gasteiger partial charge >= 0.3 is 0 Å². The maximum Gasteiger partial charge on any atom is 0.137 e. The third-order valence-electron chi connectivity index (χ3n) is 3.78. The maximum atomic E-state index is 9.34. The molecule has 0 amide bonds. The molecule has 106 valence electrons. The first-order valence-corrected chi connectivity index (χ1v) is 7.24. The molecule has 0 radical (unpaired) electrons. The summed E-state index contributed by atoms with van der Waals surface area (Å²) in [6.45, 7) is 3.97. The highest BCUT2D eigenvalue weighted by atomic mass is 35.5. The fourth-order valence-electron chi connectivity index (χ4n) is 2.63. The molecule has 4 heteroatoms. The van der Waals surface area contributed by atoms with Crippen molar-refractivity contribution in [2.75, 3.05) is 25.1 Å². The Labute approximate surface area is 120 Å². The number of halogens is 1. The van der Waals surface area contributed by atoms with E-state index in [9.17, 15) is 5.11 Å². The van der Waals surface area contributed by atoms with Crippen molar-refractivity contribution in [3.8, 4) is 5.75 Å². The molecule has 0 aromatic heterocycles. The molecule has 1 aliphatic rings. The normalized spacial score (nSPS) is 20.6.